The number of Topliss-reactive ketones (excluding diaryl/α,β-unsaturated/α-hetero) is 2. The van der Waals surface area contributed by atoms with Gasteiger partial charge in [0, 0.05) is 33.0 Å². The Morgan fingerprint density at radius 2 is 0.723 bits per heavy atom. The van der Waals surface area contributed by atoms with E-state index in [0.29, 0.717) is 0 Å². The highest BCUT2D eigenvalue weighted by Crippen LogP contribution is 2.08. The standard InChI is InChI=1S/C29H45N5O13.C28H44N6O13/c1-8-11-47-29(43)19(10-9-17(3)35)33-28(42)21(15-44-5)32-22(36)14-30-27(41)20(13-24(38)46-7)34-26(40)18(4)31-25(39)16(2)12-23(37)45-6;1-7-10-47-28(43)18(9-8-15(2)35)33-27(42)20(14-44-4)32-21(36)13-30-26(41)19(12-23(38)46-6)34-24(39)16(3)31-25(40)17(29)11-22(37)45-5/h8,16,18-21H,1,9-15H2,2-7H3,(H,30,41)(H,31,39)(H,32,36)(H,33,42)(H,34,40);7,16-20H,1,8-14,29H2,2-6H3,(H,30,41)(H,31,40)(H,32,36)(H,33,42)(H,34,39). The summed E-state index contributed by atoms with van der Waals surface area (Å²) in [6.45, 7) is 11.1. The Kier molecular flexibility index (Phi) is 44.1. The molecule has 0 fully saturated rings. The summed E-state index contributed by atoms with van der Waals surface area (Å²) < 4.78 is 38.0. The highest BCUT2D eigenvalue weighted by Gasteiger charge is 2.34. The molecule has 0 saturated carbocycles. The second-order valence-electron chi connectivity index (χ2n) is 20.2. The summed E-state index contributed by atoms with van der Waals surface area (Å²) in [5.41, 5.74) is 5.62. The van der Waals surface area contributed by atoms with Crippen molar-refractivity contribution >= 4 is 106 Å². The predicted octanol–water partition coefficient (Wildman–Crippen LogP) is -6.17. The number of ketones is 2. The number of esters is 6. The molecule has 0 rings (SSSR count). The summed E-state index contributed by atoms with van der Waals surface area (Å²) in [6.07, 6.45) is 0.436. The number of rotatable bonds is 44. The van der Waals surface area contributed by atoms with Crippen molar-refractivity contribution in [3.63, 3.8) is 0 Å². The highest BCUT2D eigenvalue weighted by atomic mass is 16.5. The maximum absolute atomic E-state index is 12.9. The lowest BCUT2D eigenvalue weighted by Crippen LogP contribution is -2.57. The molecule has 10 unspecified atom stereocenters. The Labute approximate surface area is 541 Å². The van der Waals surface area contributed by atoms with E-state index in [1.807, 2.05) is 0 Å². The Morgan fingerprint density at radius 1 is 0.394 bits per heavy atom. The summed E-state index contributed by atoms with van der Waals surface area (Å²) in [5, 5.41) is 23.2. The zero-order valence-corrected chi connectivity index (χ0v) is 54.4. The molecule has 10 atom stereocenters. The second kappa shape index (κ2) is 48.0. The fourth-order valence-corrected chi connectivity index (χ4v) is 7.09. The van der Waals surface area contributed by atoms with Crippen LogP contribution >= 0.6 is 0 Å². The summed E-state index contributed by atoms with van der Waals surface area (Å²) in [5.74, 6) is -14.8. The fourth-order valence-electron chi connectivity index (χ4n) is 7.09. The number of ether oxygens (including phenoxy) is 8. The van der Waals surface area contributed by atoms with E-state index in [9.17, 15) is 86.3 Å². The maximum atomic E-state index is 12.9. The van der Waals surface area contributed by atoms with Crippen molar-refractivity contribution < 1.29 is 124 Å². The second-order valence-corrected chi connectivity index (χ2v) is 20.2. The van der Waals surface area contributed by atoms with Crippen LogP contribution in [-0.2, 0) is 124 Å². The van der Waals surface area contributed by atoms with E-state index in [4.69, 9.17) is 24.7 Å². The van der Waals surface area contributed by atoms with Crippen LogP contribution in [0.4, 0.5) is 0 Å². The molecule has 0 aliphatic heterocycles. The minimum Gasteiger partial charge on any atom is -0.469 e. The zero-order valence-electron chi connectivity index (χ0n) is 54.4. The average Bonchev–Trinajstić information content (AvgIpc) is 1.07. The van der Waals surface area contributed by atoms with Gasteiger partial charge in [-0.15, -0.1) is 0 Å². The van der Waals surface area contributed by atoms with E-state index < -0.39 is 188 Å². The molecule has 37 nitrogen and oxygen atoms in total. The topological polar surface area (TPSA) is 527 Å². The van der Waals surface area contributed by atoms with Crippen LogP contribution in [0.3, 0.4) is 0 Å². The van der Waals surface area contributed by atoms with Gasteiger partial charge in [-0.3, -0.25) is 67.1 Å². The largest absolute Gasteiger partial charge is 0.469 e. The SMILES string of the molecule is C=CCOC(=O)C(CCC(C)=O)NC(=O)C(COC)NC(=O)CNC(=O)C(CC(=O)OC)NC(=O)C(C)NC(=O)C(C)CC(=O)OC.C=CCOC(=O)C(CCC(C)=O)NC(=O)C(COC)NC(=O)CNC(=O)C(CC(=O)OC)NC(=O)C(C)NC(=O)C(N)CC(=O)OC. The van der Waals surface area contributed by atoms with Crippen LogP contribution in [0, 0.1) is 5.92 Å². The van der Waals surface area contributed by atoms with Crippen LogP contribution in [0.5, 0.6) is 0 Å². The lowest BCUT2D eigenvalue weighted by Gasteiger charge is -2.23. The number of amides is 10. The van der Waals surface area contributed by atoms with Gasteiger partial charge in [-0.25, -0.2) is 9.59 Å². The lowest BCUT2D eigenvalue weighted by atomic mass is 10.1. The molecule has 94 heavy (non-hydrogen) atoms. The monoisotopic (exact) mass is 1340 g/mol. The number of hydrogen-bond donors (Lipinski definition) is 11. The first-order chi connectivity index (χ1) is 44.2. The molecular formula is C57H89N11O26. The number of nitrogens with two attached hydrogens (primary N) is 1. The van der Waals surface area contributed by atoms with E-state index in [-0.39, 0.29) is 70.1 Å². The van der Waals surface area contributed by atoms with Gasteiger partial charge in [0.05, 0.1) is 86.5 Å². The van der Waals surface area contributed by atoms with Crippen LogP contribution in [-0.4, -0.2) is 243 Å². The van der Waals surface area contributed by atoms with E-state index in [0.717, 1.165) is 28.4 Å². The molecule has 12 N–H and O–H groups in total. The predicted molar refractivity (Wildman–Crippen MR) is 322 cm³/mol. The Hall–Kier alpha value is -9.78. The van der Waals surface area contributed by atoms with E-state index in [1.54, 1.807) is 0 Å². The van der Waals surface area contributed by atoms with E-state index >= 15 is 0 Å². The molecule has 528 valence electrons. The van der Waals surface area contributed by atoms with Crippen molar-refractivity contribution in [1.29, 1.82) is 0 Å². The molecule has 37 heteroatoms. The third-order valence-corrected chi connectivity index (χ3v) is 12.3. The van der Waals surface area contributed by atoms with Gasteiger partial charge in [-0.05, 0) is 40.5 Å². The van der Waals surface area contributed by atoms with Crippen molar-refractivity contribution in [3.8, 4) is 0 Å². The van der Waals surface area contributed by atoms with Crippen LogP contribution in [0.15, 0.2) is 25.3 Å². The van der Waals surface area contributed by atoms with Gasteiger partial charge in [0.2, 0.25) is 59.1 Å². The number of nitrogens with one attached hydrogen (secondary N) is 10. The minimum absolute atomic E-state index is 0.0373. The Balaban J connectivity index is 0. The Morgan fingerprint density at radius 3 is 1.05 bits per heavy atom. The fraction of sp³-hybridized carbons (Fsp3) is 0.614. The molecular weight excluding hydrogens is 1250 g/mol. The number of carbonyl (C=O) groups excluding carboxylic acids is 18. The van der Waals surface area contributed by atoms with Gasteiger partial charge < -0.3 is 106 Å². The first-order valence-corrected chi connectivity index (χ1v) is 28.7. The van der Waals surface area contributed by atoms with Crippen molar-refractivity contribution in [2.45, 2.75) is 140 Å². The van der Waals surface area contributed by atoms with E-state index in [2.05, 4.69) is 85.3 Å². The summed E-state index contributed by atoms with van der Waals surface area (Å²) in [7, 11) is 6.87. The number of methoxy groups -OCH3 is 6. The summed E-state index contributed by atoms with van der Waals surface area (Å²) in [6, 6.07) is -12.0. The molecule has 0 aromatic rings. The molecule has 0 bridgehead atoms. The van der Waals surface area contributed by atoms with Crippen LogP contribution in [0.1, 0.15) is 86.0 Å². The first kappa shape index (κ1) is 86.3. The normalized spacial score (nSPS) is 13.6. The van der Waals surface area contributed by atoms with E-state index in [1.165, 1.54) is 61.0 Å². The van der Waals surface area contributed by atoms with Crippen LogP contribution in [0.2, 0.25) is 0 Å². The number of carbonyl (C=O) groups is 18. The first-order valence-electron chi connectivity index (χ1n) is 28.7. The minimum atomic E-state index is -1.56. The van der Waals surface area contributed by atoms with Gasteiger partial charge in [0.15, 0.2) is 0 Å². The van der Waals surface area contributed by atoms with Gasteiger partial charge >= 0.3 is 35.8 Å². The number of hydrogen-bond acceptors (Lipinski definition) is 27. The third kappa shape index (κ3) is 37.5. The molecule has 0 heterocycles. The molecule has 0 radical (unpaired) electrons. The smallest absolute Gasteiger partial charge is 0.328 e. The van der Waals surface area contributed by atoms with Gasteiger partial charge in [0.1, 0.15) is 73.1 Å². The summed E-state index contributed by atoms with van der Waals surface area (Å²) >= 11 is 0. The van der Waals surface area contributed by atoms with Gasteiger partial charge in [-0.2, -0.15) is 0 Å². The molecule has 0 aromatic heterocycles. The van der Waals surface area contributed by atoms with Crippen molar-refractivity contribution in [2.24, 2.45) is 11.7 Å². The van der Waals surface area contributed by atoms with Gasteiger partial charge in [0.25, 0.3) is 0 Å². The van der Waals surface area contributed by atoms with Crippen molar-refractivity contribution in [2.75, 3.05) is 82.2 Å². The average molecular weight is 1340 g/mol. The van der Waals surface area contributed by atoms with Crippen LogP contribution in [0.25, 0.3) is 0 Å². The third-order valence-electron chi connectivity index (χ3n) is 12.3. The zero-order chi connectivity index (χ0) is 72.2. The lowest BCUT2D eigenvalue weighted by molar-refractivity contribution is -0.148. The molecule has 0 aliphatic carbocycles. The van der Waals surface area contributed by atoms with Crippen LogP contribution < -0.4 is 58.9 Å². The quantitative estimate of drug-likeness (QED) is 0.0154. The molecule has 0 saturated heterocycles. The van der Waals surface area contributed by atoms with Crippen molar-refractivity contribution in [3.05, 3.63) is 25.3 Å². The molecule has 0 aromatic carbocycles. The maximum Gasteiger partial charge on any atom is 0.328 e. The van der Waals surface area contributed by atoms with Crippen molar-refractivity contribution in [1.82, 2.24) is 53.2 Å². The highest BCUT2D eigenvalue weighted by molar-refractivity contribution is 5.99. The Bertz CT molecular complexity index is 2500. The molecule has 0 spiro atoms. The molecule has 0 aliphatic rings. The van der Waals surface area contributed by atoms with Gasteiger partial charge in [-0.1, -0.05) is 32.2 Å². The summed E-state index contributed by atoms with van der Waals surface area (Å²) in [4.78, 5) is 221. The molecule has 10 amide bonds.